The molecule has 0 saturated heterocycles. The van der Waals surface area contributed by atoms with E-state index in [0.29, 0.717) is 18.5 Å². The SMILES string of the molecule is CCC(=O)Cc1ccc(Sc2ccc3nn(-c4cc(C)cc(C(C)(C)C)c4O)nc3c2)cc1. The molecule has 0 bridgehead atoms. The zero-order valence-corrected chi connectivity index (χ0v) is 20.5. The number of aromatic hydroxyl groups is 1. The zero-order valence-electron chi connectivity index (χ0n) is 19.7. The Bertz CT molecular complexity index is 1320. The van der Waals surface area contributed by atoms with Crippen LogP contribution in [0.5, 0.6) is 5.75 Å². The first-order valence-corrected chi connectivity index (χ1v) is 12.0. The highest BCUT2D eigenvalue weighted by Gasteiger charge is 2.22. The van der Waals surface area contributed by atoms with Crippen molar-refractivity contribution in [2.45, 2.75) is 62.7 Å². The lowest BCUT2D eigenvalue weighted by atomic mass is 9.85. The Morgan fingerprint density at radius 3 is 2.30 bits per heavy atom. The molecule has 0 amide bonds. The monoisotopic (exact) mass is 459 g/mol. The molecular weight excluding hydrogens is 430 g/mol. The Labute approximate surface area is 198 Å². The normalized spacial score (nSPS) is 11.8. The van der Waals surface area contributed by atoms with Crippen molar-refractivity contribution in [3.05, 3.63) is 71.3 Å². The molecule has 0 radical (unpaired) electrons. The Morgan fingerprint density at radius 1 is 0.970 bits per heavy atom. The molecular formula is C27H29N3O2S. The molecule has 0 aliphatic carbocycles. The van der Waals surface area contributed by atoms with E-state index in [2.05, 4.69) is 31.0 Å². The first kappa shape index (κ1) is 23.1. The van der Waals surface area contributed by atoms with Gasteiger partial charge < -0.3 is 5.11 Å². The third kappa shape index (κ3) is 5.11. The van der Waals surface area contributed by atoms with Crippen LogP contribution in [0.15, 0.2) is 64.4 Å². The lowest BCUT2D eigenvalue weighted by Crippen LogP contribution is -2.13. The largest absolute Gasteiger partial charge is 0.505 e. The van der Waals surface area contributed by atoms with Crippen LogP contribution >= 0.6 is 11.8 Å². The van der Waals surface area contributed by atoms with Crippen molar-refractivity contribution in [1.29, 1.82) is 0 Å². The number of nitrogens with zero attached hydrogens (tertiary/aromatic N) is 3. The number of phenols is 1. The van der Waals surface area contributed by atoms with Gasteiger partial charge in [-0.1, -0.05) is 57.7 Å². The van der Waals surface area contributed by atoms with Gasteiger partial charge in [-0.05, 0) is 59.9 Å². The van der Waals surface area contributed by atoms with E-state index in [9.17, 15) is 9.90 Å². The minimum absolute atomic E-state index is 0.194. The Hall–Kier alpha value is -3.12. The minimum atomic E-state index is -0.194. The van der Waals surface area contributed by atoms with Crippen LogP contribution in [0, 0.1) is 6.92 Å². The van der Waals surface area contributed by atoms with E-state index in [1.165, 1.54) is 4.80 Å². The third-order valence-electron chi connectivity index (χ3n) is 5.56. The van der Waals surface area contributed by atoms with Gasteiger partial charge in [0.25, 0.3) is 0 Å². The quantitative estimate of drug-likeness (QED) is 0.361. The van der Waals surface area contributed by atoms with E-state index in [-0.39, 0.29) is 16.9 Å². The number of rotatable bonds is 6. The summed E-state index contributed by atoms with van der Waals surface area (Å²) in [7, 11) is 0. The van der Waals surface area contributed by atoms with Crippen molar-refractivity contribution in [3.8, 4) is 11.4 Å². The molecule has 1 heterocycles. The van der Waals surface area contributed by atoms with E-state index < -0.39 is 0 Å². The van der Waals surface area contributed by atoms with Crippen molar-refractivity contribution in [2.24, 2.45) is 0 Å². The summed E-state index contributed by atoms with van der Waals surface area (Å²) in [4.78, 5) is 15.3. The molecule has 6 heteroatoms. The summed E-state index contributed by atoms with van der Waals surface area (Å²) in [6.07, 6.45) is 1.05. The Balaban J connectivity index is 1.61. The molecule has 5 nitrogen and oxygen atoms in total. The Morgan fingerprint density at radius 2 is 1.64 bits per heavy atom. The summed E-state index contributed by atoms with van der Waals surface area (Å²) in [5.41, 5.74) is 4.89. The van der Waals surface area contributed by atoms with Crippen LogP contribution in [-0.4, -0.2) is 25.9 Å². The summed E-state index contributed by atoms with van der Waals surface area (Å²) < 4.78 is 0. The number of aromatic nitrogens is 3. The molecule has 0 atom stereocenters. The maximum atomic E-state index is 11.7. The number of ketones is 1. The van der Waals surface area contributed by atoms with Crippen LogP contribution < -0.4 is 0 Å². The number of fused-ring (bicyclic) bond motifs is 1. The van der Waals surface area contributed by atoms with E-state index in [1.807, 2.05) is 68.4 Å². The number of carbonyl (C=O) groups is 1. The second-order valence-corrected chi connectivity index (χ2v) is 10.5. The second kappa shape index (κ2) is 9.02. The van der Waals surface area contributed by atoms with Crippen molar-refractivity contribution in [3.63, 3.8) is 0 Å². The molecule has 0 saturated carbocycles. The smallest absolute Gasteiger partial charge is 0.146 e. The first-order valence-electron chi connectivity index (χ1n) is 11.1. The molecule has 0 unspecified atom stereocenters. The van der Waals surface area contributed by atoms with Crippen LogP contribution in [0.4, 0.5) is 0 Å². The van der Waals surface area contributed by atoms with Crippen LogP contribution in [0.2, 0.25) is 0 Å². The fraction of sp³-hybridized carbons (Fsp3) is 0.296. The molecule has 4 rings (SSSR count). The molecule has 1 N–H and O–H groups in total. The van der Waals surface area contributed by atoms with Gasteiger partial charge in [-0.3, -0.25) is 4.79 Å². The number of benzene rings is 3. The number of carbonyl (C=O) groups excluding carboxylic acids is 1. The summed E-state index contributed by atoms with van der Waals surface area (Å²) >= 11 is 1.64. The molecule has 170 valence electrons. The third-order valence-corrected chi connectivity index (χ3v) is 6.56. The molecule has 33 heavy (non-hydrogen) atoms. The molecule has 1 aromatic heterocycles. The summed E-state index contributed by atoms with van der Waals surface area (Å²) in [5.74, 6) is 0.461. The van der Waals surface area contributed by atoms with Gasteiger partial charge in [-0.2, -0.15) is 0 Å². The second-order valence-electron chi connectivity index (χ2n) is 9.39. The van der Waals surface area contributed by atoms with Crippen molar-refractivity contribution < 1.29 is 9.90 Å². The Kier molecular flexibility index (Phi) is 6.30. The molecule has 0 fully saturated rings. The summed E-state index contributed by atoms with van der Waals surface area (Å²) in [5, 5.41) is 20.2. The van der Waals surface area contributed by atoms with Gasteiger partial charge in [0.05, 0.1) is 0 Å². The van der Waals surface area contributed by atoms with Crippen molar-refractivity contribution in [1.82, 2.24) is 15.0 Å². The van der Waals surface area contributed by atoms with Crippen LogP contribution in [0.25, 0.3) is 16.7 Å². The van der Waals surface area contributed by atoms with E-state index in [0.717, 1.165) is 37.5 Å². The topological polar surface area (TPSA) is 68.0 Å². The lowest BCUT2D eigenvalue weighted by Gasteiger charge is -2.22. The highest BCUT2D eigenvalue weighted by molar-refractivity contribution is 7.99. The number of Topliss-reactive ketones (excluding diaryl/α,β-unsaturated/α-hetero) is 1. The maximum absolute atomic E-state index is 11.7. The van der Waals surface area contributed by atoms with Crippen LogP contribution in [0.1, 0.15) is 50.8 Å². The van der Waals surface area contributed by atoms with E-state index in [4.69, 9.17) is 0 Å². The van der Waals surface area contributed by atoms with E-state index in [1.54, 1.807) is 11.8 Å². The predicted molar refractivity (Wildman–Crippen MR) is 134 cm³/mol. The standard InChI is InChI=1S/C27H29N3O2S/c1-6-19(31)15-18-7-9-20(10-8-18)33-21-11-12-23-24(16-21)29-30(28-23)25-14-17(2)13-22(26(25)32)27(3,4)5/h7-14,16,32H,6,15H2,1-5H3. The number of aryl methyl sites for hydroxylation is 1. The van der Waals surface area contributed by atoms with E-state index >= 15 is 0 Å². The molecule has 0 aliphatic rings. The lowest BCUT2D eigenvalue weighted by molar-refractivity contribution is -0.118. The highest BCUT2D eigenvalue weighted by Crippen LogP contribution is 2.36. The zero-order chi connectivity index (χ0) is 23.8. The number of hydrogen-bond acceptors (Lipinski definition) is 5. The van der Waals surface area contributed by atoms with Crippen LogP contribution in [0.3, 0.4) is 0 Å². The fourth-order valence-electron chi connectivity index (χ4n) is 3.71. The molecule has 0 aliphatic heterocycles. The van der Waals surface area contributed by atoms with Gasteiger partial charge in [-0.15, -0.1) is 15.0 Å². The molecule has 4 aromatic rings. The van der Waals surface area contributed by atoms with Crippen molar-refractivity contribution in [2.75, 3.05) is 0 Å². The van der Waals surface area contributed by atoms with Gasteiger partial charge in [0.2, 0.25) is 0 Å². The van der Waals surface area contributed by atoms with Gasteiger partial charge in [-0.25, -0.2) is 0 Å². The molecule has 3 aromatic carbocycles. The van der Waals surface area contributed by atoms with Gasteiger partial charge in [0, 0.05) is 28.2 Å². The highest BCUT2D eigenvalue weighted by atomic mass is 32.2. The van der Waals surface area contributed by atoms with Gasteiger partial charge in [0.1, 0.15) is 28.3 Å². The average Bonchev–Trinajstić information content (AvgIpc) is 3.18. The number of phenolic OH excluding ortho intramolecular Hbond substituents is 1. The van der Waals surface area contributed by atoms with Crippen LogP contribution in [-0.2, 0) is 16.6 Å². The first-order chi connectivity index (χ1) is 15.6. The summed E-state index contributed by atoms with van der Waals surface area (Å²) in [6, 6.07) is 18.0. The van der Waals surface area contributed by atoms with Crippen molar-refractivity contribution >= 4 is 28.6 Å². The average molecular weight is 460 g/mol. The number of hydrogen-bond donors (Lipinski definition) is 1. The maximum Gasteiger partial charge on any atom is 0.146 e. The minimum Gasteiger partial charge on any atom is -0.505 e. The fourth-order valence-corrected chi connectivity index (χ4v) is 4.56. The molecule has 0 spiro atoms. The summed E-state index contributed by atoms with van der Waals surface area (Å²) in [6.45, 7) is 10.1. The van der Waals surface area contributed by atoms with Gasteiger partial charge >= 0.3 is 0 Å². The van der Waals surface area contributed by atoms with Gasteiger partial charge in [0.15, 0.2) is 0 Å². The predicted octanol–water partition coefficient (Wildman–Crippen LogP) is 6.40.